The molecule has 6 rings (SSSR count). The molecule has 3 aliphatic rings. The van der Waals surface area contributed by atoms with Gasteiger partial charge in [-0.15, -0.1) is 0 Å². The summed E-state index contributed by atoms with van der Waals surface area (Å²) >= 11 is 0. The molecule has 1 unspecified atom stereocenters. The van der Waals surface area contributed by atoms with Crippen LogP contribution in [0.4, 0.5) is 10.1 Å². The summed E-state index contributed by atoms with van der Waals surface area (Å²) in [6.45, 7) is 0.793. The number of piperidine rings is 1. The monoisotopic (exact) mass is 542 g/mol. The summed E-state index contributed by atoms with van der Waals surface area (Å²) in [7, 11) is -3.84. The van der Waals surface area contributed by atoms with Gasteiger partial charge in [-0.2, -0.15) is 4.31 Å². The van der Waals surface area contributed by atoms with Crippen LogP contribution < -0.4 is 15.9 Å². The Labute approximate surface area is 215 Å². The molecule has 0 aliphatic carbocycles. The van der Waals surface area contributed by atoms with Crippen molar-refractivity contribution in [2.24, 2.45) is 0 Å². The minimum atomic E-state index is -3.84. The third-order valence-electron chi connectivity index (χ3n) is 7.30. The number of carbonyl (C=O) groups is 3. The maximum Gasteiger partial charge on any atom is 0.323 e. The van der Waals surface area contributed by atoms with Crippen LogP contribution in [0.25, 0.3) is 11.0 Å². The number of nitrogens with one attached hydrogen (secondary N) is 3. The van der Waals surface area contributed by atoms with E-state index >= 15 is 4.39 Å². The maximum absolute atomic E-state index is 15.1. The summed E-state index contributed by atoms with van der Waals surface area (Å²) in [6.07, 6.45) is 0.337. The normalized spacial score (nSPS) is 20.8. The van der Waals surface area contributed by atoms with Crippen LogP contribution in [-0.2, 0) is 26.2 Å². The third kappa shape index (κ3) is 3.96. The van der Waals surface area contributed by atoms with Crippen LogP contribution in [-0.4, -0.2) is 77.5 Å². The number of rotatable bonds is 4. The number of H-pyrrole nitrogens is 2. The van der Waals surface area contributed by atoms with Gasteiger partial charge < -0.3 is 19.8 Å². The van der Waals surface area contributed by atoms with Gasteiger partial charge in [0.25, 0.3) is 5.91 Å². The molecule has 3 N–H and O–H groups in total. The van der Waals surface area contributed by atoms with Crippen molar-refractivity contribution in [3.8, 4) is 0 Å². The number of nitrogens with zero attached hydrogens (tertiary/aromatic N) is 3. The number of hydrogen-bond acceptors (Lipinski definition) is 7. The Morgan fingerprint density at radius 3 is 2.39 bits per heavy atom. The van der Waals surface area contributed by atoms with E-state index in [0.717, 1.165) is 6.07 Å². The molecule has 3 aliphatic heterocycles. The SMILES string of the molecule is O=C1CCC(N2Cc3cc(N4CCN(S(=O)(=O)c5ccc6[nH]c(=O)[nH]c6c5)CC4)c(F)cc3C2=O)C(=O)N1. The van der Waals surface area contributed by atoms with Gasteiger partial charge in [0.05, 0.1) is 21.6 Å². The number of imide groups is 1. The zero-order chi connectivity index (χ0) is 26.8. The molecule has 1 aromatic heterocycles. The van der Waals surface area contributed by atoms with E-state index in [2.05, 4.69) is 15.3 Å². The molecule has 1 atom stereocenters. The Kier molecular flexibility index (Phi) is 5.61. The summed E-state index contributed by atoms with van der Waals surface area (Å²) in [5.41, 5.74) is 1.46. The second kappa shape index (κ2) is 8.77. The van der Waals surface area contributed by atoms with Gasteiger partial charge in [-0.1, -0.05) is 0 Å². The first-order valence-electron chi connectivity index (χ1n) is 12.1. The first-order valence-corrected chi connectivity index (χ1v) is 13.5. The van der Waals surface area contributed by atoms with E-state index in [-0.39, 0.29) is 67.6 Å². The predicted molar refractivity (Wildman–Crippen MR) is 132 cm³/mol. The number of aromatic amines is 2. The molecule has 2 saturated heterocycles. The summed E-state index contributed by atoms with van der Waals surface area (Å²) in [5, 5.41) is 2.24. The van der Waals surface area contributed by atoms with E-state index in [1.807, 2.05) is 0 Å². The van der Waals surface area contributed by atoms with Crippen molar-refractivity contribution < 1.29 is 27.2 Å². The number of halogens is 1. The first kappa shape index (κ1) is 24.3. The lowest BCUT2D eigenvalue weighted by atomic mass is 10.0. The number of sulfonamides is 1. The molecule has 38 heavy (non-hydrogen) atoms. The second-order valence-electron chi connectivity index (χ2n) is 9.54. The third-order valence-corrected chi connectivity index (χ3v) is 9.19. The highest BCUT2D eigenvalue weighted by molar-refractivity contribution is 7.89. The van der Waals surface area contributed by atoms with Crippen molar-refractivity contribution in [1.82, 2.24) is 24.5 Å². The maximum atomic E-state index is 15.1. The Balaban J connectivity index is 1.18. The molecule has 3 amide bonds. The smallest absolute Gasteiger partial charge is 0.323 e. The Hall–Kier alpha value is -4.04. The van der Waals surface area contributed by atoms with Crippen LogP contribution in [0.2, 0.25) is 0 Å². The second-order valence-corrected chi connectivity index (χ2v) is 11.5. The van der Waals surface area contributed by atoms with E-state index < -0.39 is 39.4 Å². The van der Waals surface area contributed by atoms with Crippen LogP contribution in [0.5, 0.6) is 0 Å². The fourth-order valence-corrected chi connectivity index (χ4v) is 6.76. The molecule has 0 spiro atoms. The zero-order valence-electron chi connectivity index (χ0n) is 20.0. The van der Waals surface area contributed by atoms with Crippen molar-refractivity contribution in [2.45, 2.75) is 30.3 Å². The van der Waals surface area contributed by atoms with Crippen molar-refractivity contribution >= 4 is 44.5 Å². The topological polar surface area (TPSA) is 156 Å². The average Bonchev–Trinajstić information content (AvgIpc) is 3.41. The van der Waals surface area contributed by atoms with E-state index in [1.165, 1.54) is 27.4 Å². The van der Waals surface area contributed by atoms with Crippen LogP contribution in [0.15, 0.2) is 40.0 Å². The molecule has 14 heteroatoms. The molecule has 2 aromatic carbocycles. The Morgan fingerprint density at radius 1 is 0.921 bits per heavy atom. The minimum Gasteiger partial charge on any atom is -0.367 e. The molecule has 3 aromatic rings. The molecule has 2 fully saturated rings. The van der Waals surface area contributed by atoms with Crippen molar-refractivity contribution in [1.29, 1.82) is 0 Å². The van der Waals surface area contributed by atoms with Gasteiger partial charge >= 0.3 is 5.69 Å². The van der Waals surface area contributed by atoms with Crippen LogP contribution in [0.3, 0.4) is 0 Å². The number of hydrogen-bond donors (Lipinski definition) is 3. The standard InChI is InChI=1S/C24H23FN6O6S/c25-16-11-15-13(12-31(23(15)34)19-3-4-21(32)28-22(19)33)9-20(16)29-5-7-30(8-6-29)38(36,37)14-1-2-17-18(10-14)27-24(35)26-17/h1-2,9-11,19H,3-8,12H2,(H2,26,27,35)(H,28,32,33). The largest absolute Gasteiger partial charge is 0.367 e. The minimum absolute atomic E-state index is 0.0458. The lowest BCUT2D eigenvalue weighted by molar-refractivity contribution is -0.136. The number of piperazine rings is 1. The van der Waals surface area contributed by atoms with Gasteiger partial charge in [-0.25, -0.2) is 17.6 Å². The summed E-state index contributed by atoms with van der Waals surface area (Å²) in [6, 6.07) is 6.30. The fourth-order valence-electron chi connectivity index (χ4n) is 5.31. The molecule has 0 radical (unpaired) electrons. The number of benzene rings is 2. The molecular formula is C24H23FN6O6S. The lowest BCUT2D eigenvalue weighted by Crippen LogP contribution is -2.52. The van der Waals surface area contributed by atoms with E-state index in [0.29, 0.717) is 16.6 Å². The van der Waals surface area contributed by atoms with Gasteiger partial charge in [0.15, 0.2) is 0 Å². The highest BCUT2D eigenvalue weighted by Crippen LogP contribution is 2.33. The quantitative estimate of drug-likeness (QED) is 0.400. The molecule has 12 nitrogen and oxygen atoms in total. The highest BCUT2D eigenvalue weighted by Gasteiger charge is 2.40. The summed E-state index contributed by atoms with van der Waals surface area (Å²) < 4.78 is 42.9. The molecular weight excluding hydrogens is 519 g/mol. The van der Waals surface area contributed by atoms with Crippen molar-refractivity contribution in [3.05, 3.63) is 57.8 Å². The number of imidazole rings is 1. The van der Waals surface area contributed by atoms with Crippen LogP contribution in [0.1, 0.15) is 28.8 Å². The Morgan fingerprint density at radius 2 is 1.66 bits per heavy atom. The number of aromatic nitrogens is 2. The summed E-state index contributed by atoms with van der Waals surface area (Å²) in [5.74, 6) is -2.00. The van der Waals surface area contributed by atoms with Crippen LogP contribution in [0, 0.1) is 5.82 Å². The number of fused-ring (bicyclic) bond motifs is 2. The molecule has 198 valence electrons. The summed E-state index contributed by atoms with van der Waals surface area (Å²) in [4.78, 5) is 56.4. The van der Waals surface area contributed by atoms with Gasteiger partial charge in [-0.05, 0) is 42.3 Å². The van der Waals surface area contributed by atoms with E-state index in [1.54, 1.807) is 11.0 Å². The molecule has 0 bridgehead atoms. The lowest BCUT2D eigenvalue weighted by Gasteiger charge is -2.35. The number of amides is 3. The van der Waals surface area contributed by atoms with Crippen molar-refractivity contribution in [3.63, 3.8) is 0 Å². The highest BCUT2D eigenvalue weighted by atomic mass is 32.2. The van der Waals surface area contributed by atoms with Gasteiger partial charge in [0.1, 0.15) is 11.9 Å². The average molecular weight is 543 g/mol. The molecule has 4 heterocycles. The van der Waals surface area contributed by atoms with Crippen LogP contribution >= 0.6 is 0 Å². The van der Waals surface area contributed by atoms with Gasteiger partial charge in [0.2, 0.25) is 21.8 Å². The zero-order valence-corrected chi connectivity index (χ0v) is 20.8. The fraction of sp³-hybridized carbons (Fsp3) is 0.333. The predicted octanol–water partition coefficient (Wildman–Crippen LogP) is 0.267. The van der Waals surface area contributed by atoms with Crippen molar-refractivity contribution in [2.75, 3.05) is 31.1 Å². The molecule has 0 saturated carbocycles. The number of anilines is 1. The van der Waals surface area contributed by atoms with Gasteiger partial charge in [0, 0.05) is 44.7 Å². The Bertz CT molecular complexity index is 1670. The van der Waals surface area contributed by atoms with E-state index in [9.17, 15) is 27.6 Å². The van der Waals surface area contributed by atoms with E-state index in [4.69, 9.17) is 0 Å². The number of carbonyl (C=O) groups excluding carboxylic acids is 3. The van der Waals surface area contributed by atoms with Gasteiger partial charge in [-0.3, -0.25) is 19.7 Å². The first-order chi connectivity index (χ1) is 18.1.